The topological polar surface area (TPSA) is 70.7 Å². The highest BCUT2D eigenvalue weighted by molar-refractivity contribution is 5.96. The van der Waals surface area contributed by atoms with Crippen molar-refractivity contribution in [2.45, 2.75) is 32.4 Å². The van der Waals surface area contributed by atoms with Crippen molar-refractivity contribution in [2.24, 2.45) is 0 Å². The van der Waals surface area contributed by atoms with Crippen molar-refractivity contribution in [2.75, 3.05) is 25.2 Å². The molecule has 1 aliphatic rings. The molecule has 2 N–H and O–H groups in total. The van der Waals surface area contributed by atoms with Crippen molar-refractivity contribution in [3.63, 3.8) is 0 Å². The van der Waals surface area contributed by atoms with Crippen LogP contribution in [0.2, 0.25) is 0 Å². The number of rotatable bonds is 5. The highest BCUT2D eigenvalue weighted by atomic mass is 16.5. The molecule has 0 aliphatic carbocycles. The number of carbonyl (C=O) groups excluding carboxylic acids is 2. The van der Waals surface area contributed by atoms with Crippen LogP contribution in [0, 0.1) is 6.92 Å². The Morgan fingerprint density at radius 3 is 2.73 bits per heavy atom. The molecule has 1 aromatic rings. The average molecular weight is 305 g/mol. The number of ether oxygens (including phenoxy) is 1. The molecule has 2 rings (SSSR count). The molecule has 1 saturated heterocycles. The van der Waals surface area contributed by atoms with Gasteiger partial charge in [0.1, 0.15) is 0 Å². The van der Waals surface area contributed by atoms with Gasteiger partial charge in [0.05, 0.1) is 18.7 Å². The van der Waals surface area contributed by atoms with E-state index in [-0.39, 0.29) is 24.0 Å². The van der Waals surface area contributed by atoms with E-state index in [1.165, 1.54) is 0 Å². The van der Waals surface area contributed by atoms with E-state index < -0.39 is 0 Å². The zero-order valence-electron chi connectivity index (χ0n) is 13.3. The monoisotopic (exact) mass is 305 g/mol. The Bertz CT molecular complexity index is 530. The number of hydrogen-bond donors (Lipinski definition) is 2. The molecule has 2 atom stereocenters. The Hall–Kier alpha value is -2.08. The van der Waals surface area contributed by atoms with E-state index in [9.17, 15) is 9.59 Å². The average Bonchev–Trinajstić information content (AvgIpc) is 2.80. The lowest BCUT2D eigenvalue weighted by atomic mass is 10.2. The van der Waals surface area contributed by atoms with E-state index in [0.717, 1.165) is 11.3 Å². The summed E-state index contributed by atoms with van der Waals surface area (Å²) in [6.07, 6.45) is 0.319. The summed E-state index contributed by atoms with van der Waals surface area (Å²) in [6.45, 7) is 4.81. The van der Waals surface area contributed by atoms with Crippen LogP contribution in [-0.2, 0) is 9.53 Å². The second-order valence-corrected chi connectivity index (χ2v) is 5.72. The number of anilines is 1. The van der Waals surface area contributed by atoms with E-state index in [0.29, 0.717) is 19.6 Å². The number of nitrogens with zero attached hydrogens (tertiary/aromatic N) is 1. The Morgan fingerprint density at radius 1 is 1.41 bits per heavy atom. The van der Waals surface area contributed by atoms with Gasteiger partial charge in [-0.2, -0.15) is 0 Å². The largest absolute Gasteiger partial charge is 0.383 e. The van der Waals surface area contributed by atoms with Crippen molar-refractivity contribution >= 4 is 17.6 Å². The number of amides is 3. The van der Waals surface area contributed by atoms with E-state index in [1.807, 2.05) is 38.1 Å². The minimum Gasteiger partial charge on any atom is -0.383 e. The maximum absolute atomic E-state index is 12.1. The lowest BCUT2D eigenvalue weighted by molar-refractivity contribution is -0.117. The van der Waals surface area contributed by atoms with Crippen LogP contribution < -0.4 is 15.5 Å². The fourth-order valence-corrected chi connectivity index (χ4v) is 2.52. The first kappa shape index (κ1) is 16.3. The van der Waals surface area contributed by atoms with E-state index in [1.54, 1.807) is 12.0 Å². The van der Waals surface area contributed by atoms with Gasteiger partial charge in [0.25, 0.3) is 0 Å². The Balaban J connectivity index is 1.89. The summed E-state index contributed by atoms with van der Waals surface area (Å²) in [5.41, 5.74) is 2.02. The molecule has 6 heteroatoms. The predicted octanol–water partition coefficient (Wildman–Crippen LogP) is 1.43. The minimum atomic E-state index is -0.270. The fourth-order valence-electron chi connectivity index (χ4n) is 2.52. The van der Waals surface area contributed by atoms with Gasteiger partial charge >= 0.3 is 6.03 Å². The second kappa shape index (κ2) is 7.26. The van der Waals surface area contributed by atoms with Gasteiger partial charge in [-0.15, -0.1) is 0 Å². The van der Waals surface area contributed by atoms with E-state index in [4.69, 9.17) is 4.74 Å². The maximum atomic E-state index is 12.1. The SMILES string of the molecule is COCC(C)NC(=O)NC1CC(=O)N(c2ccc(C)cc2)C1. The molecule has 1 aliphatic heterocycles. The maximum Gasteiger partial charge on any atom is 0.315 e. The Kier molecular flexibility index (Phi) is 5.38. The highest BCUT2D eigenvalue weighted by Gasteiger charge is 2.31. The van der Waals surface area contributed by atoms with E-state index >= 15 is 0 Å². The molecule has 0 saturated carbocycles. The first-order valence-electron chi connectivity index (χ1n) is 7.42. The van der Waals surface area contributed by atoms with Gasteiger partial charge in [-0.3, -0.25) is 4.79 Å². The summed E-state index contributed by atoms with van der Waals surface area (Å²) in [6, 6.07) is 7.28. The van der Waals surface area contributed by atoms with Crippen molar-refractivity contribution in [3.8, 4) is 0 Å². The molecule has 1 fully saturated rings. The normalized spacial score (nSPS) is 19.1. The number of carbonyl (C=O) groups is 2. The third-order valence-corrected chi connectivity index (χ3v) is 3.60. The summed E-state index contributed by atoms with van der Waals surface area (Å²) in [5.74, 6) is 0.0269. The van der Waals surface area contributed by atoms with Gasteiger partial charge in [-0.25, -0.2) is 4.79 Å². The summed E-state index contributed by atoms with van der Waals surface area (Å²) in [7, 11) is 1.59. The zero-order valence-corrected chi connectivity index (χ0v) is 13.3. The van der Waals surface area contributed by atoms with Gasteiger partial charge in [0.2, 0.25) is 5.91 Å². The van der Waals surface area contributed by atoms with Gasteiger partial charge in [0.15, 0.2) is 0 Å². The Morgan fingerprint density at radius 2 is 2.09 bits per heavy atom. The van der Waals surface area contributed by atoms with Gasteiger partial charge in [0, 0.05) is 25.8 Å². The Labute approximate surface area is 130 Å². The smallest absolute Gasteiger partial charge is 0.315 e. The van der Waals surface area contributed by atoms with Crippen LogP contribution in [0.1, 0.15) is 18.9 Å². The fraction of sp³-hybridized carbons (Fsp3) is 0.500. The molecular formula is C16H23N3O3. The lowest BCUT2D eigenvalue weighted by Gasteiger charge is -2.19. The number of benzene rings is 1. The molecule has 0 aromatic heterocycles. The molecule has 1 aromatic carbocycles. The predicted molar refractivity (Wildman–Crippen MR) is 84.9 cm³/mol. The highest BCUT2D eigenvalue weighted by Crippen LogP contribution is 2.21. The third-order valence-electron chi connectivity index (χ3n) is 3.60. The summed E-state index contributed by atoms with van der Waals surface area (Å²) >= 11 is 0. The van der Waals surface area contributed by atoms with Gasteiger partial charge < -0.3 is 20.3 Å². The van der Waals surface area contributed by atoms with Crippen LogP contribution in [0.4, 0.5) is 10.5 Å². The zero-order chi connectivity index (χ0) is 16.1. The number of methoxy groups -OCH3 is 1. The minimum absolute atomic E-state index is 0.0269. The van der Waals surface area contributed by atoms with E-state index in [2.05, 4.69) is 10.6 Å². The molecule has 120 valence electrons. The summed E-state index contributed by atoms with van der Waals surface area (Å²) in [5, 5.41) is 5.62. The molecule has 0 spiro atoms. The van der Waals surface area contributed by atoms with Crippen LogP contribution in [-0.4, -0.2) is 44.3 Å². The van der Waals surface area contributed by atoms with Crippen molar-refractivity contribution < 1.29 is 14.3 Å². The van der Waals surface area contributed by atoms with Crippen LogP contribution in [0.5, 0.6) is 0 Å². The standard InChI is InChI=1S/C16H23N3O3/c1-11-4-6-14(7-5-11)19-9-13(8-15(19)20)18-16(21)17-12(2)10-22-3/h4-7,12-13H,8-10H2,1-3H3,(H2,17,18,21). The third kappa shape index (κ3) is 4.21. The number of urea groups is 1. The molecule has 1 heterocycles. The van der Waals surface area contributed by atoms with Crippen molar-refractivity contribution in [1.82, 2.24) is 10.6 Å². The lowest BCUT2D eigenvalue weighted by Crippen LogP contribution is -2.47. The first-order valence-corrected chi connectivity index (χ1v) is 7.42. The molecule has 2 unspecified atom stereocenters. The van der Waals surface area contributed by atoms with Crippen LogP contribution in [0.25, 0.3) is 0 Å². The van der Waals surface area contributed by atoms with Gasteiger partial charge in [-0.1, -0.05) is 17.7 Å². The van der Waals surface area contributed by atoms with Crippen molar-refractivity contribution in [3.05, 3.63) is 29.8 Å². The van der Waals surface area contributed by atoms with Gasteiger partial charge in [-0.05, 0) is 26.0 Å². The first-order chi connectivity index (χ1) is 10.5. The molecule has 6 nitrogen and oxygen atoms in total. The summed E-state index contributed by atoms with van der Waals surface area (Å²) < 4.78 is 4.97. The second-order valence-electron chi connectivity index (χ2n) is 5.72. The number of aryl methyl sites for hydroxylation is 1. The van der Waals surface area contributed by atoms with Crippen molar-refractivity contribution in [1.29, 1.82) is 0 Å². The molecule has 0 radical (unpaired) electrons. The summed E-state index contributed by atoms with van der Waals surface area (Å²) in [4.78, 5) is 25.7. The molecule has 0 bridgehead atoms. The van der Waals surface area contributed by atoms with Crippen LogP contribution >= 0.6 is 0 Å². The molecular weight excluding hydrogens is 282 g/mol. The molecule has 3 amide bonds. The van der Waals surface area contributed by atoms with Crippen LogP contribution in [0.3, 0.4) is 0 Å². The quantitative estimate of drug-likeness (QED) is 0.864. The number of nitrogens with one attached hydrogen (secondary N) is 2. The van der Waals surface area contributed by atoms with Crippen LogP contribution in [0.15, 0.2) is 24.3 Å². The number of hydrogen-bond acceptors (Lipinski definition) is 3. The molecule has 22 heavy (non-hydrogen) atoms.